The number of benzene rings is 6. The molecule has 5 nitrogen and oxygen atoms in total. The van der Waals surface area contributed by atoms with E-state index in [1.165, 1.54) is 81.0 Å². The minimum atomic E-state index is -2.36. The van der Waals surface area contributed by atoms with Gasteiger partial charge >= 0.3 is 0 Å². The van der Waals surface area contributed by atoms with Crippen molar-refractivity contribution < 1.29 is 34.5 Å². The topological polar surface area (TPSA) is 35.9 Å². The van der Waals surface area contributed by atoms with E-state index in [0.717, 1.165) is 44.1 Å². The van der Waals surface area contributed by atoms with E-state index in [-0.39, 0.29) is 26.6 Å². The number of para-hydroxylation sites is 4. The number of aryl methyl sites for hydroxylation is 1. The maximum atomic E-state index is 8.50. The summed E-state index contributed by atoms with van der Waals surface area (Å²) in [6.45, 7) is -2.36. The van der Waals surface area contributed by atoms with E-state index in [1.807, 2.05) is 77.4 Å². The molecular weight excluding hydrogens is 928 g/mol. The van der Waals surface area contributed by atoms with E-state index in [1.54, 1.807) is 12.3 Å². The van der Waals surface area contributed by atoms with Crippen LogP contribution in [-0.2, 0) is 21.1 Å². The van der Waals surface area contributed by atoms with Gasteiger partial charge < -0.3 is 13.9 Å². The Balaban J connectivity index is 0.00000484. The average Bonchev–Trinajstić information content (AvgIpc) is 3.88. The molecule has 61 heavy (non-hydrogen) atoms. The summed E-state index contributed by atoms with van der Waals surface area (Å²) in [5.41, 5.74) is 10.5. The molecule has 0 unspecified atom stereocenters. The molecule has 2 saturated carbocycles. The molecule has 0 aliphatic heterocycles. The van der Waals surface area contributed by atoms with Crippen LogP contribution in [-0.4, -0.2) is 14.1 Å². The Labute approximate surface area is 377 Å². The van der Waals surface area contributed by atoms with Crippen LogP contribution in [0.3, 0.4) is 0 Å². The first kappa shape index (κ1) is 35.9. The molecule has 6 aromatic carbocycles. The molecule has 0 N–H and O–H groups in total. The van der Waals surface area contributed by atoms with Crippen LogP contribution in [0.4, 0.5) is 0 Å². The third-order valence-corrected chi connectivity index (χ3v) is 12.9. The molecule has 0 amide bonds. The van der Waals surface area contributed by atoms with E-state index in [9.17, 15) is 0 Å². The van der Waals surface area contributed by atoms with Crippen molar-refractivity contribution in [2.75, 3.05) is 0 Å². The maximum Gasteiger partial charge on any atom is 0.268 e. The van der Waals surface area contributed by atoms with Gasteiger partial charge in [0.05, 0.1) is 16.7 Å². The molecule has 0 spiro atoms. The number of fused-ring (bicyclic) bond motifs is 4. The molecule has 2 aliphatic carbocycles. The van der Waals surface area contributed by atoms with Gasteiger partial charge in [-0.15, -0.1) is 29.7 Å². The van der Waals surface area contributed by atoms with E-state index >= 15 is 0 Å². The first-order valence-electron chi connectivity index (χ1n) is 23.2. The summed E-state index contributed by atoms with van der Waals surface area (Å²) in [6, 6.07) is 52.1. The van der Waals surface area contributed by atoms with Crippen molar-refractivity contribution in [2.24, 2.45) is 0 Å². The number of ether oxygens (including phenoxy) is 1. The number of pyridine rings is 1. The van der Waals surface area contributed by atoms with Crippen LogP contribution in [0.1, 0.15) is 96.8 Å². The molecule has 0 radical (unpaired) electrons. The molecular formula is C55H48N4OPt-2. The van der Waals surface area contributed by atoms with E-state index in [4.69, 9.17) is 13.8 Å². The van der Waals surface area contributed by atoms with Crippen molar-refractivity contribution in [3.63, 3.8) is 0 Å². The molecule has 0 saturated heterocycles. The minimum Gasteiger partial charge on any atom is -0.510 e. The predicted molar refractivity (Wildman–Crippen MR) is 242 cm³/mol. The van der Waals surface area contributed by atoms with Gasteiger partial charge in [0.1, 0.15) is 5.82 Å². The van der Waals surface area contributed by atoms with Crippen LogP contribution in [0.5, 0.6) is 11.5 Å². The van der Waals surface area contributed by atoms with Crippen molar-refractivity contribution in [3.8, 4) is 39.8 Å². The molecule has 0 atom stereocenters. The summed E-state index contributed by atoms with van der Waals surface area (Å²) in [4.78, 5) is 4.88. The third-order valence-electron chi connectivity index (χ3n) is 12.9. The van der Waals surface area contributed by atoms with Gasteiger partial charge in [-0.1, -0.05) is 135 Å². The Morgan fingerprint density at radius 1 is 0.656 bits per heavy atom. The molecule has 6 heteroatoms. The van der Waals surface area contributed by atoms with Crippen molar-refractivity contribution in [2.45, 2.75) is 82.9 Å². The number of imidazole rings is 1. The summed E-state index contributed by atoms with van der Waals surface area (Å²) < 4.78 is 38.6. The normalized spacial score (nSPS) is 16.0. The Morgan fingerprint density at radius 3 is 2.08 bits per heavy atom. The van der Waals surface area contributed by atoms with Crippen LogP contribution in [0, 0.1) is 25.3 Å². The van der Waals surface area contributed by atoms with Crippen molar-refractivity contribution in [3.05, 3.63) is 175 Å². The van der Waals surface area contributed by atoms with Crippen LogP contribution >= 0.6 is 0 Å². The molecule has 11 rings (SSSR count). The average molecular weight is 979 g/mol. The van der Waals surface area contributed by atoms with Gasteiger partial charge in [0.2, 0.25) is 0 Å². The Morgan fingerprint density at radius 2 is 1.33 bits per heavy atom. The standard InChI is InChI=1S/C55H48N4O.Pt/c1-38-33-54(56-36-49(38)41-21-9-4-10-22-41)59-50-28-12-11-25-47(50)48-32-31-44(35-53(48)59)60-43-24-15-23-42(34-43)57-37-58(52-30-14-13-29-51(52)57)55-45(39-17-5-2-6-18-39)26-16-27-46(55)40-19-7-3-8-20-40;/h4,9-16,21-33,36,39-40H,2-3,5-8,17-20H2,1H3;/q-2;/i1D3;. The molecule has 2 fully saturated rings. The van der Waals surface area contributed by atoms with E-state index in [0.29, 0.717) is 34.7 Å². The fraction of sp³-hybridized carbons (Fsp3) is 0.236. The fourth-order valence-corrected chi connectivity index (χ4v) is 10.1. The predicted octanol–water partition coefficient (Wildman–Crippen LogP) is 13.7. The molecule has 2 aliphatic rings. The van der Waals surface area contributed by atoms with Crippen molar-refractivity contribution in [1.29, 1.82) is 0 Å². The summed E-state index contributed by atoms with van der Waals surface area (Å²) in [5, 5.41) is 1.97. The number of nitrogens with zero attached hydrogens (tertiary/aromatic N) is 4. The SMILES string of the molecule is [2H]C([2H])([2H])c1cc(-n2c3[c-]c(Oc4[c-]c(-n5[c-][n+](-c6c(C7CCCCC7)cccc6C6CCCCC6)c6ccccc65)ccc4)ccc3c3ccccc32)ncc1-c1ccccc1.[Pt]. The number of hydrogen-bond acceptors (Lipinski definition) is 2. The van der Waals surface area contributed by atoms with Gasteiger partial charge in [0.25, 0.3) is 6.33 Å². The van der Waals surface area contributed by atoms with Crippen LogP contribution < -0.4 is 9.30 Å². The zero-order valence-electron chi connectivity index (χ0n) is 37.0. The van der Waals surface area contributed by atoms with E-state index < -0.39 is 6.85 Å². The zero-order valence-corrected chi connectivity index (χ0v) is 36.3. The number of hydrogen-bond donors (Lipinski definition) is 0. The molecule has 0 bridgehead atoms. The van der Waals surface area contributed by atoms with E-state index in [2.05, 4.69) is 82.2 Å². The first-order valence-corrected chi connectivity index (χ1v) is 21.7. The molecule has 9 aromatic rings. The van der Waals surface area contributed by atoms with Crippen molar-refractivity contribution in [1.82, 2.24) is 14.1 Å². The van der Waals surface area contributed by atoms with Gasteiger partial charge in [0, 0.05) is 54.0 Å². The summed E-state index contributed by atoms with van der Waals surface area (Å²) >= 11 is 0. The number of rotatable bonds is 8. The second-order valence-electron chi connectivity index (χ2n) is 16.6. The Hall–Kier alpha value is -5.77. The van der Waals surface area contributed by atoms with Crippen LogP contribution in [0.2, 0.25) is 0 Å². The second-order valence-corrected chi connectivity index (χ2v) is 16.6. The zero-order chi connectivity index (χ0) is 42.5. The summed E-state index contributed by atoms with van der Waals surface area (Å²) in [7, 11) is 0. The van der Waals surface area contributed by atoms with Crippen molar-refractivity contribution >= 4 is 32.8 Å². The largest absolute Gasteiger partial charge is 0.510 e. The minimum absolute atomic E-state index is 0. The van der Waals surface area contributed by atoms with Gasteiger partial charge in [-0.3, -0.25) is 4.57 Å². The quantitative estimate of drug-likeness (QED) is 0.112. The third kappa shape index (κ3) is 7.31. The Bertz CT molecular complexity index is 3090. The van der Waals surface area contributed by atoms with Crippen LogP contribution in [0.25, 0.3) is 61.2 Å². The molecule has 3 heterocycles. The monoisotopic (exact) mass is 978 g/mol. The summed E-state index contributed by atoms with van der Waals surface area (Å²) in [6.07, 6.45) is 18.2. The van der Waals surface area contributed by atoms with Gasteiger partial charge in [-0.05, 0) is 89.8 Å². The van der Waals surface area contributed by atoms with Crippen LogP contribution in [0.15, 0.2) is 140 Å². The van der Waals surface area contributed by atoms with Gasteiger partial charge in [-0.25, -0.2) is 4.98 Å². The second kappa shape index (κ2) is 16.9. The van der Waals surface area contributed by atoms with Gasteiger partial charge in [-0.2, -0.15) is 18.2 Å². The molecule has 306 valence electrons. The van der Waals surface area contributed by atoms with Gasteiger partial charge in [0.15, 0.2) is 0 Å². The fourth-order valence-electron chi connectivity index (χ4n) is 10.1. The molecule has 3 aromatic heterocycles. The first-order chi connectivity index (χ1) is 30.9. The smallest absolute Gasteiger partial charge is 0.268 e. The summed E-state index contributed by atoms with van der Waals surface area (Å²) in [5.74, 6) is 2.64. The Kier molecular flexibility index (Phi) is 9.98. The maximum absolute atomic E-state index is 8.50. The number of aromatic nitrogens is 4.